The number of piperidine rings is 1. The Morgan fingerprint density at radius 2 is 1.92 bits per heavy atom. The summed E-state index contributed by atoms with van der Waals surface area (Å²) in [5.74, 6) is 0.912. The molecule has 5 heteroatoms. The van der Waals surface area contributed by atoms with Gasteiger partial charge in [0.1, 0.15) is 5.75 Å². The Kier molecular flexibility index (Phi) is 4.97. The van der Waals surface area contributed by atoms with Crippen molar-refractivity contribution < 1.29 is 5.11 Å². The van der Waals surface area contributed by atoms with Gasteiger partial charge in [0, 0.05) is 24.5 Å². The Morgan fingerprint density at radius 3 is 2.69 bits per heavy atom. The average Bonchev–Trinajstić information content (AvgIpc) is 3.10. The van der Waals surface area contributed by atoms with Crippen molar-refractivity contribution in [3.8, 4) is 5.75 Å². The third-order valence-corrected chi connectivity index (χ3v) is 5.07. The van der Waals surface area contributed by atoms with E-state index in [1.54, 1.807) is 6.07 Å². The zero-order valence-electron chi connectivity index (χ0n) is 14.8. The quantitative estimate of drug-likeness (QED) is 0.768. The molecule has 1 saturated heterocycles. The number of hydrogen-bond acceptors (Lipinski definition) is 4. The molecule has 0 radical (unpaired) electrons. The van der Waals surface area contributed by atoms with Crippen LogP contribution in [0.2, 0.25) is 0 Å². The second-order valence-corrected chi connectivity index (χ2v) is 7.01. The Hall–Kier alpha value is -2.66. The molecule has 1 aromatic carbocycles. The highest BCUT2D eigenvalue weighted by Gasteiger charge is 2.21. The first kappa shape index (κ1) is 16.8. The molecule has 2 aromatic heterocycles. The van der Waals surface area contributed by atoms with Gasteiger partial charge in [0.2, 0.25) is 0 Å². The van der Waals surface area contributed by atoms with Crippen molar-refractivity contribution in [1.29, 1.82) is 0 Å². The molecule has 4 rings (SSSR count). The predicted molar refractivity (Wildman–Crippen MR) is 101 cm³/mol. The van der Waals surface area contributed by atoms with E-state index in [0.717, 1.165) is 38.2 Å². The van der Waals surface area contributed by atoms with Gasteiger partial charge in [0.05, 0.1) is 18.4 Å². The minimum atomic E-state index is 0.366. The Balaban J connectivity index is 1.31. The lowest BCUT2D eigenvalue weighted by molar-refractivity contribution is 0.204. The van der Waals surface area contributed by atoms with Crippen LogP contribution in [0.5, 0.6) is 5.75 Å². The van der Waals surface area contributed by atoms with Gasteiger partial charge in [0.15, 0.2) is 0 Å². The minimum absolute atomic E-state index is 0.366. The van der Waals surface area contributed by atoms with Crippen LogP contribution in [0, 0.1) is 0 Å². The highest BCUT2D eigenvalue weighted by atomic mass is 16.3. The zero-order chi connectivity index (χ0) is 17.8. The standard InChI is InChI=1S/C21H24N4O/c26-21-6-3-4-19(12-21)18-7-10-24(11-8-18)14-17-13-23-25(15-17)16-20-5-1-2-9-22-20/h1-6,9,12-13,15,18,26H,7-8,10-11,14,16H2. The number of pyridine rings is 1. The predicted octanol–water partition coefficient (Wildman–Crippen LogP) is 3.41. The number of hydrogen-bond donors (Lipinski definition) is 1. The number of benzene rings is 1. The molecule has 1 aliphatic rings. The van der Waals surface area contributed by atoms with Gasteiger partial charge >= 0.3 is 0 Å². The fourth-order valence-corrected chi connectivity index (χ4v) is 3.69. The zero-order valence-corrected chi connectivity index (χ0v) is 14.8. The van der Waals surface area contributed by atoms with E-state index in [-0.39, 0.29) is 0 Å². The smallest absolute Gasteiger partial charge is 0.115 e. The summed E-state index contributed by atoms with van der Waals surface area (Å²) in [5, 5.41) is 14.1. The molecule has 1 N–H and O–H groups in total. The van der Waals surface area contributed by atoms with Crippen LogP contribution in [-0.4, -0.2) is 37.9 Å². The van der Waals surface area contributed by atoms with Gasteiger partial charge in [0.25, 0.3) is 0 Å². The molecule has 0 atom stereocenters. The minimum Gasteiger partial charge on any atom is -0.508 e. The highest BCUT2D eigenvalue weighted by molar-refractivity contribution is 5.30. The number of nitrogens with zero attached hydrogens (tertiary/aromatic N) is 4. The number of rotatable bonds is 5. The van der Waals surface area contributed by atoms with E-state index in [4.69, 9.17) is 0 Å². The summed E-state index contributed by atoms with van der Waals surface area (Å²) in [7, 11) is 0. The van der Waals surface area contributed by atoms with Crippen molar-refractivity contribution >= 4 is 0 Å². The second-order valence-electron chi connectivity index (χ2n) is 7.01. The molecule has 3 heterocycles. The molecule has 0 amide bonds. The van der Waals surface area contributed by atoms with E-state index in [1.807, 2.05) is 47.4 Å². The largest absolute Gasteiger partial charge is 0.508 e. The Labute approximate surface area is 153 Å². The maximum absolute atomic E-state index is 9.67. The molecular weight excluding hydrogens is 324 g/mol. The molecule has 5 nitrogen and oxygen atoms in total. The molecule has 1 aliphatic heterocycles. The fourth-order valence-electron chi connectivity index (χ4n) is 3.69. The molecule has 0 aliphatic carbocycles. The van der Waals surface area contributed by atoms with Crippen LogP contribution in [0.1, 0.15) is 35.6 Å². The molecule has 134 valence electrons. The van der Waals surface area contributed by atoms with Crippen LogP contribution in [0.4, 0.5) is 0 Å². The highest BCUT2D eigenvalue weighted by Crippen LogP contribution is 2.30. The summed E-state index contributed by atoms with van der Waals surface area (Å²) in [5.41, 5.74) is 3.53. The van der Waals surface area contributed by atoms with Crippen molar-refractivity contribution in [2.45, 2.75) is 31.8 Å². The summed E-state index contributed by atoms with van der Waals surface area (Å²) < 4.78 is 1.96. The van der Waals surface area contributed by atoms with Gasteiger partial charge in [-0.25, -0.2) is 0 Å². The first-order valence-corrected chi connectivity index (χ1v) is 9.19. The Bertz CT molecular complexity index is 838. The maximum atomic E-state index is 9.67. The first-order valence-electron chi connectivity index (χ1n) is 9.19. The summed E-state index contributed by atoms with van der Waals surface area (Å²) in [6.45, 7) is 3.80. The molecule has 0 saturated carbocycles. The summed E-state index contributed by atoms with van der Waals surface area (Å²) in [6, 6.07) is 13.7. The van der Waals surface area contributed by atoms with Crippen LogP contribution in [-0.2, 0) is 13.1 Å². The van der Waals surface area contributed by atoms with Crippen molar-refractivity contribution in [3.05, 3.63) is 77.9 Å². The SMILES string of the molecule is Oc1cccc(C2CCN(Cc3cnn(Cc4ccccn4)c3)CC2)c1. The molecule has 3 aromatic rings. The summed E-state index contributed by atoms with van der Waals surface area (Å²) in [4.78, 5) is 6.84. The van der Waals surface area contributed by atoms with Crippen molar-refractivity contribution in [2.24, 2.45) is 0 Å². The third kappa shape index (κ3) is 4.11. The average molecular weight is 348 g/mol. The van der Waals surface area contributed by atoms with Crippen molar-refractivity contribution in [3.63, 3.8) is 0 Å². The van der Waals surface area contributed by atoms with Gasteiger partial charge in [-0.05, 0) is 61.7 Å². The molecule has 0 bridgehead atoms. The molecular formula is C21H24N4O. The maximum Gasteiger partial charge on any atom is 0.115 e. The van der Waals surface area contributed by atoms with E-state index < -0.39 is 0 Å². The Morgan fingerprint density at radius 1 is 1.04 bits per heavy atom. The van der Waals surface area contributed by atoms with Crippen LogP contribution in [0.25, 0.3) is 0 Å². The monoisotopic (exact) mass is 348 g/mol. The number of phenolic OH excluding ortho intramolecular Hbond substituents is 1. The topological polar surface area (TPSA) is 54.2 Å². The second kappa shape index (κ2) is 7.70. The van der Waals surface area contributed by atoms with Crippen LogP contribution in [0.15, 0.2) is 61.1 Å². The van der Waals surface area contributed by atoms with Crippen molar-refractivity contribution in [1.82, 2.24) is 19.7 Å². The lowest BCUT2D eigenvalue weighted by atomic mass is 9.89. The van der Waals surface area contributed by atoms with E-state index in [1.165, 1.54) is 11.1 Å². The fraction of sp³-hybridized carbons (Fsp3) is 0.333. The molecule has 0 unspecified atom stereocenters. The van der Waals surface area contributed by atoms with E-state index in [9.17, 15) is 5.11 Å². The number of likely N-dealkylation sites (tertiary alicyclic amines) is 1. The van der Waals surface area contributed by atoms with Crippen LogP contribution in [0.3, 0.4) is 0 Å². The lowest BCUT2D eigenvalue weighted by Crippen LogP contribution is -2.32. The summed E-state index contributed by atoms with van der Waals surface area (Å²) >= 11 is 0. The summed E-state index contributed by atoms with van der Waals surface area (Å²) in [6.07, 6.45) is 8.16. The third-order valence-electron chi connectivity index (χ3n) is 5.07. The first-order chi connectivity index (χ1) is 12.8. The van der Waals surface area contributed by atoms with Gasteiger partial charge in [-0.1, -0.05) is 18.2 Å². The number of aromatic hydroxyl groups is 1. The molecule has 1 fully saturated rings. The van der Waals surface area contributed by atoms with Crippen molar-refractivity contribution in [2.75, 3.05) is 13.1 Å². The lowest BCUT2D eigenvalue weighted by Gasteiger charge is -2.31. The van der Waals surface area contributed by atoms with E-state index in [0.29, 0.717) is 18.2 Å². The van der Waals surface area contributed by atoms with Crippen LogP contribution < -0.4 is 0 Å². The number of aromatic nitrogens is 3. The van der Waals surface area contributed by atoms with Crippen LogP contribution >= 0.6 is 0 Å². The van der Waals surface area contributed by atoms with E-state index in [2.05, 4.69) is 27.2 Å². The van der Waals surface area contributed by atoms with Gasteiger partial charge in [-0.3, -0.25) is 14.6 Å². The van der Waals surface area contributed by atoms with Gasteiger partial charge < -0.3 is 5.11 Å². The molecule has 0 spiro atoms. The number of phenols is 1. The normalized spacial score (nSPS) is 16.0. The van der Waals surface area contributed by atoms with E-state index >= 15 is 0 Å². The van der Waals surface area contributed by atoms with Gasteiger partial charge in [-0.2, -0.15) is 5.10 Å². The van der Waals surface area contributed by atoms with Gasteiger partial charge in [-0.15, -0.1) is 0 Å². The molecule has 26 heavy (non-hydrogen) atoms.